The molecule has 0 saturated carbocycles. The number of carbonyl (C=O) groups excluding carboxylic acids is 3. The fraction of sp³-hybridized carbons (Fsp3) is 0.317. The smallest absolute Gasteiger partial charge is 0.256 e. The van der Waals surface area contributed by atoms with Crippen LogP contribution in [0, 0.1) is 31.6 Å². The molecular formula is C82H95ClN14O3S. The predicted molar refractivity (Wildman–Crippen MR) is 410 cm³/mol. The van der Waals surface area contributed by atoms with E-state index in [1.54, 1.807) is 29.7 Å². The van der Waals surface area contributed by atoms with E-state index >= 15 is 0 Å². The summed E-state index contributed by atoms with van der Waals surface area (Å²) in [6.07, 6.45) is 5.34. The number of rotatable bonds is 27. The molecule has 3 amide bonds. The highest BCUT2D eigenvalue weighted by Gasteiger charge is 2.36. The van der Waals surface area contributed by atoms with Crippen molar-refractivity contribution in [2.45, 2.75) is 112 Å². The number of hydrogen-bond acceptors (Lipinski definition) is 12. The van der Waals surface area contributed by atoms with Gasteiger partial charge in [-0.15, -0.1) is 11.3 Å². The molecule has 19 heteroatoms. The first-order valence-corrected chi connectivity index (χ1v) is 36.3. The Hall–Kier alpha value is -9.69. The number of amides is 3. The van der Waals surface area contributed by atoms with Crippen LogP contribution in [0.2, 0.25) is 5.15 Å². The molecule has 12 rings (SSSR count). The fourth-order valence-electron chi connectivity index (χ4n) is 13.1. The Morgan fingerprint density at radius 1 is 0.426 bits per heavy atom. The predicted octanol–water partition coefficient (Wildman–Crippen LogP) is 15.9. The number of nitrogens with two attached hydrogens (primary N) is 3. The molecule has 0 radical (unpaired) electrons. The van der Waals surface area contributed by atoms with Gasteiger partial charge in [-0.3, -0.25) is 19.4 Å². The van der Waals surface area contributed by atoms with Crippen LogP contribution in [0.1, 0.15) is 155 Å². The van der Waals surface area contributed by atoms with E-state index in [0.717, 1.165) is 74.8 Å². The van der Waals surface area contributed by atoms with Gasteiger partial charge in [-0.1, -0.05) is 174 Å². The summed E-state index contributed by atoms with van der Waals surface area (Å²) < 4.78 is 6.77. The topological polar surface area (TPSA) is 218 Å². The second-order valence-corrected chi connectivity index (χ2v) is 28.0. The number of halogens is 1. The maximum Gasteiger partial charge on any atom is 0.256 e. The van der Waals surface area contributed by atoms with Crippen molar-refractivity contribution in [3.8, 4) is 0 Å². The Morgan fingerprint density at radius 3 is 1.15 bits per heavy atom. The van der Waals surface area contributed by atoms with E-state index in [1.165, 1.54) is 22.2 Å². The van der Waals surface area contributed by atoms with E-state index in [0.29, 0.717) is 87.0 Å². The summed E-state index contributed by atoms with van der Waals surface area (Å²) in [5.74, 6) is 3.01. The molecule has 0 saturated heterocycles. The molecule has 6 heterocycles. The van der Waals surface area contributed by atoms with Crippen LogP contribution in [-0.4, -0.2) is 110 Å². The summed E-state index contributed by atoms with van der Waals surface area (Å²) in [4.78, 5) is 72.0. The summed E-state index contributed by atoms with van der Waals surface area (Å²) in [6, 6.07) is 63.7. The molecular weight excluding hydrogens is 1300 g/mol. The van der Waals surface area contributed by atoms with Gasteiger partial charge in [-0.2, -0.15) is 0 Å². The third-order valence-corrected chi connectivity index (χ3v) is 19.1. The maximum absolute atomic E-state index is 13.8. The average Bonchev–Trinajstić information content (AvgIpc) is 1.65. The lowest BCUT2D eigenvalue weighted by molar-refractivity contribution is 0.0598. The molecule has 6 aromatic carbocycles. The van der Waals surface area contributed by atoms with Crippen LogP contribution in [0.15, 0.2) is 212 Å². The number of imidazole rings is 3. The zero-order valence-corrected chi connectivity index (χ0v) is 60.9. The normalized spacial score (nSPS) is 12.3. The van der Waals surface area contributed by atoms with Gasteiger partial charge in [-0.25, -0.2) is 19.9 Å². The number of aromatic nitrogens is 8. The highest BCUT2D eigenvalue weighted by atomic mass is 35.5. The average molecular weight is 1390 g/mol. The van der Waals surface area contributed by atoms with Gasteiger partial charge >= 0.3 is 0 Å². The fourth-order valence-corrected chi connectivity index (χ4v) is 13.9. The Kier molecular flexibility index (Phi) is 26.1. The first-order valence-electron chi connectivity index (χ1n) is 35.1. The number of fused-ring (bicyclic) bond motifs is 3. The first kappa shape index (κ1) is 74.0. The Labute approximate surface area is 603 Å². The number of carbonyl (C=O) groups is 3. The molecule has 6 aromatic heterocycles. The summed E-state index contributed by atoms with van der Waals surface area (Å²) in [7, 11) is 0. The van der Waals surface area contributed by atoms with Gasteiger partial charge in [0.1, 0.15) is 22.6 Å². The number of thiophene rings is 1. The second kappa shape index (κ2) is 35.6. The molecule has 0 aliphatic heterocycles. The van der Waals surface area contributed by atoms with Crippen molar-refractivity contribution in [2.24, 2.45) is 35.0 Å². The van der Waals surface area contributed by atoms with E-state index < -0.39 is 0 Å². The van der Waals surface area contributed by atoms with E-state index in [2.05, 4.69) is 137 Å². The van der Waals surface area contributed by atoms with Gasteiger partial charge in [0.25, 0.3) is 17.7 Å². The standard InChI is InChI=1S/C28H33N5O.C27H30ClN5O.C27H32N4OS/c1-20(2)26(32(17-9-16-29)28(34)23-15-14-21(3)30-18-23)27-31-24-12-7-8-13-25(24)33(27)19-22-10-5-4-6-11-22;1-19(2)25(32(16-8-15-29)27(34)21-13-14-24(28)30-17-21)26-31-22-11-6-7-12-23(22)33(26)18-20-9-4-3-5-10-20;1-19(2)25(30(16-7-15-28)27(32)21-13-11-20(3)12-14-21)26-29-23-9-4-5-10-24(23)31(26)18-22-8-6-17-33-22/h4-8,10-15,18,20,26H,9,16-17,19,29H2,1-3H3;3-7,9-14,17,19,25H,8,15-16,18,29H2,1-2H3;4-6,8-14,17,19,25H,7,15-16,18,28H2,1-3H3/t26-;2*25-/m111/s1. The van der Waals surface area contributed by atoms with Gasteiger partial charge in [0, 0.05) is 61.3 Å². The van der Waals surface area contributed by atoms with Crippen LogP contribution in [0.3, 0.4) is 0 Å². The van der Waals surface area contributed by atoms with E-state index in [4.69, 9.17) is 43.8 Å². The van der Waals surface area contributed by atoms with E-state index in [9.17, 15) is 14.4 Å². The molecule has 0 bridgehead atoms. The summed E-state index contributed by atoms with van der Waals surface area (Å²) in [5, 5.41) is 2.46. The highest BCUT2D eigenvalue weighted by molar-refractivity contribution is 7.09. The zero-order chi connectivity index (χ0) is 71.5. The minimum atomic E-state index is -0.245. The van der Waals surface area contributed by atoms with Gasteiger partial charge in [-0.05, 0) is 166 Å². The van der Waals surface area contributed by atoms with Crippen molar-refractivity contribution < 1.29 is 14.4 Å². The van der Waals surface area contributed by atoms with Crippen molar-refractivity contribution in [2.75, 3.05) is 39.3 Å². The molecule has 3 atom stereocenters. The van der Waals surface area contributed by atoms with Crippen LogP contribution in [0.5, 0.6) is 0 Å². The zero-order valence-electron chi connectivity index (χ0n) is 59.3. The number of aryl methyl sites for hydroxylation is 2. The third kappa shape index (κ3) is 18.3. The Morgan fingerprint density at radius 2 is 0.792 bits per heavy atom. The second-order valence-electron chi connectivity index (χ2n) is 26.6. The summed E-state index contributed by atoms with van der Waals surface area (Å²) in [6.45, 7) is 22.1. The maximum atomic E-state index is 13.8. The molecule has 524 valence electrons. The summed E-state index contributed by atoms with van der Waals surface area (Å²) in [5.41, 5.74) is 29.8. The van der Waals surface area contributed by atoms with Crippen LogP contribution in [-0.2, 0) is 19.6 Å². The Balaban J connectivity index is 0.000000163. The lowest BCUT2D eigenvalue weighted by atomic mass is 9.99. The Bertz CT molecular complexity index is 4400. The van der Waals surface area contributed by atoms with Crippen LogP contribution < -0.4 is 17.2 Å². The number of para-hydroxylation sites is 6. The van der Waals surface area contributed by atoms with Crippen LogP contribution in [0.4, 0.5) is 0 Å². The molecule has 6 N–H and O–H groups in total. The van der Waals surface area contributed by atoms with Gasteiger partial charge < -0.3 is 45.6 Å². The minimum absolute atomic E-state index is 0.0249. The number of nitrogens with zero attached hydrogens (tertiary/aromatic N) is 11. The minimum Gasteiger partial charge on any atom is -0.330 e. The molecule has 17 nitrogen and oxygen atoms in total. The van der Waals surface area contributed by atoms with Crippen molar-refractivity contribution in [3.05, 3.63) is 278 Å². The quantitative estimate of drug-likeness (QED) is 0.0411. The van der Waals surface area contributed by atoms with Crippen molar-refractivity contribution in [3.63, 3.8) is 0 Å². The molecule has 0 spiro atoms. The highest BCUT2D eigenvalue weighted by Crippen LogP contribution is 2.37. The SMILES string of the molecule is CC(C)[C@H](c1nc2ccccc2n1Cc1ccccc1)N(CCCN)C(=O)c1ccc(Cl)nc1.Cc1ccc(C(=O)N(CCCN)[C@@H](c2nc3ccccc3n2Cc2ccccc2)C(C)C)cn1.Cc1ccc(C(=O)N(CCCN)[C@@H](c2nc3ccccc3n2Cc2cccs2)C(C)C)cc1. The molecule has 12 aromatic rings. The van der Waals surface area contributed by atoms with Crippen LogP contribution in [0.25, 0.3) is 33.1 Å². The number of pyridine rings is 2. The lowest BCUT2D eigenvalue weighted by Gasteiger charge is -2.34. The molecule has 0 aliphatic carbocycles. The van der Waals surface area contributed by atoms with E-state index in [-0.39, 0.29) is 53.6 Å². The van der Waals surface area contributed by atoms with Crippen molar-refractivity contribution in [1.29, 1.82) is 0 Å². The lowest BCUT2D eigenvalue weighted by Crippen LogP contribution is -2.40. The largest absolute Gasteiger partial charge is 0.330 e. The number of hydrogen-bond donors (Lipinski definition) is 3. The molecule has 0 fully saturated rings. The molecule has 0 aliphatic rings. The molecule has 101 heavy (non-hydrogen) atoms. The molecule has 0 unspecified atom stereocenters. The third-order valence-electron chi connectivity index (χ3n) is 18.0. The number of benzene rings is 6. The van der Waals surface area contributed by atoms with Crippen LogP contribution >= 0.6 is 22.9 Å². The van der Waals surface area contributed by atoms with Crippen molar-refractivity contribution in [1.82, 2.24) is 53.3 Å². The monoisotopic (exact) mass is 1390 g/mol. The summed E-state index contributed by atoms with van der Waals surface area (Å²) >= 11 is 7.71. The van der Waals surface area contributed by atoms with E-state index in [1.807, 2.05) is 144 Å². The van der Waals surface area contributed by atoms with Gasteiger partial charge in [0.15, 0.2) is 0 Å². The van der Waals surface area contributed by atoms with Crippen molar-refractivity contribution >= 4 is 73.8 Å². The first-order chi connectivity index (χ1) is 49.0. The van der Waals surface area contributed by atoms with Gasteiger partial charge in [0.2, 0.25) is 0 Å². The van der Waals surface area contributed by atoms with Gasteiger partial charge in [0.05, 0.1) is 68.9 Å².